The zero-order valence-electron chi connectivity index (χ0n) is 14.8. The second kappa shape index (κ2) is 8.38. The first-order valence-corrected chi connectivity index (χ1v) is 8.36. The number of allylic oxidation sites excluding steroid dienone is 1. The van der Waals surface area contributed by atoms with Crippen LogP contribution in [0.15, 0.2) is 49.1 Å². The summed E-state index contributed by atoms with van der Waals surface area (Å²) in [4.78, 5) is 51.3. The smallest absolute Gasteiger partial charge is 0.255 e. The van der Waals surface area contributed by atoms with Crippen molar-refractivity contribution in [2.45, 2.75) is 25.3 Å². The molecule has 26 heavy (non-hydrogen) atoms. The van der Waals surface area contributed by atoms with Gasteiger partial charge in [-0.2, -0.15) is 0 Å². The van der Waals surface area contributed by atoms with E-state index in [0.29, 0.717) is 12.7 Å². The average molecular weight is 354 g/mol. The topological polar surface area (TPSA) is 74.8 Å². The van der Waals surface area contributed by atoms with E-state index in [-0.39, 0.29) is 36.4 Å². The molecule has 1 saturated heterocycles. The summed E-state index contributed by atoms with van der Waals surface area (Å²) < 4.78 is 0. The Kier molecular flexibility index (Phi) is 6.22. The zero-order chi connectivity index (χ0) is 19.3. The number of imide groups is 1. The van der Waals surface area contributed by atoms with Crippen molar-refractivity contribution in [2.75, 3.05) is 13.6 Å². The van der Waals surface area contributed by atoms with E-state index in [9.17, 15) is 19.2 Å². The first-order valence-electron chi connectivity index (χ1n) is 8.36. The number of piperidine rings is 1. The number of amides is 3. The number of hydrogen-bond donors (Lipinski definition) is 0. The van der Waals surface area contributed by atoms with Crippen LogP contribution in [0.1, 0.15) is 40.0 Å². The number of benzene rings is 1. The molecule has 1 aromatic rings. The fourth-order valence-electron chi connectivity index (χ4n) is 2.90. The van der Waals surface area contributed by atoms with Crippen molar-refractivity contribution in [3.63, 3.8) is 0 Å². The molecule has 0 bridgehead atoms. The first-order chi connectivity index (χ1) is 12.4. The van der Waals surface area contributed by atoms with Crippen LogP contribution in [-0.4, -0.2) is 53.4 Å². The van der Waals surface area contributed by atoms with E-state index in [4.69, 9.17) is 0 Å². The number of aldehydes is 1. The Bertz CT molecular complexity index is 769. The quantitative estimate of drug-likeness (QED) is 0.427. The lowest BCUT2D eigenvalue weighted by molar-refractivity contribution is -0.151. The van der Waals surface area contributed by atoms with Crippen LogP contribution in [0.3, 0.4) is 0 Å². The van der Waals surface area contributed by atoms with Crippen LogP contribution in [0.5, 0.6) is 0 Å². The van der Waals surface area contributed by atoms with Crippen molar-refractivity contribution in [3.8, 4) is 0 Å². The predicted molar refractivity (Wildman–Crippen MR) is 97.6 cm³/mol. The lowest BCUT2D eigenvalue weighted by Gasteiger charge is -2.35. The van der Waals surface area contributed by atoms with Crippen LogP contribution in [0, 0.1) is 0 Å². The highest BCUT2D eigenvalue weighted by Crippen LogP contribution is 2.21. The monoisotopic (exact) mass is 354 g/mol. The van der Waals surface area contributed by atoms with Gasteiger partial charge in [0.2, 0.25) is 5.91 Å². The minimum Gasteiger partial charge on any atom is -0.330 e. The lowest BCUT2D eigenvalue weighted by atomic mass is 10.00. The second-order valence-corrected chi connectivity index (χ2v) is 6.17. The Hall–Kier alpha value is -3.02. The number of likely N-dealkylation sites (N-methyl/N-ethyl adjacent to an activating group) is 1. The Morgan fingerprint density at radius 3 is 2.69 bits per heavy atom. The third-order valence-corrected chi connectivity index (χ3v) is 4.54. The molecule has 0 saturated carbocycles. The van der Waals surface area contributed by atoms with Gasteiger partial charge in [0.05, 0.1) is 5.56 Å². The van der Waals surface area contributed by atoms with Crippen LogP contribution < -0.4 is 0 Å². The molecule has 136 valence electrons. The molecule has 6 nitrogen and oxygen atoms in total. The molecule has 0 aromatic heterocycles. The van der Waals surface area contributed by atoms with Crippen LogP contribution in [0.2, 0.25) is 0 Å². The molecule has 6 heteroatoms. The zero-order valence-corrected chi connectivity index (χ0v) is 14.8. The lowest BCUT2D eigenvalue weighted by Crippen LogP contribution is -2.55. The van der Waals surface area contributed by atoms with Crippen LogP contribution >= 0.6 is 0 Å². The molecule has 1 aliphatic heterocycles. The minimum atomic E-state index is -0.739. The predicted octanol–water partition coefficient (Wildman–Crippen LogP) is 2.22. The van der Waals surface area contributed by atoms with E-state index in [2.05, 4.69) is 13.2 Å². The van der Waals surface area contributed by atoms with Gasteiger partial charge in [-0.15, -0.1) is 0 Å². The van der Waals surface area contributed by atoms with Crippen molar-refractivity contribution in [2.24, 2.45) is 0 Å². The second-order valence-electron chi connectivity index (χ2n) is 6.17. The summed E-state index contributed by atoms with van der Waals surface area (Å²) in [6, 6.07) is 5.68. The van der Waals surface area contributed by atoms with Gasteiger partial charge in [-0.1, -0.05) is 43.0 Å². The molecule has 0 spiro atoms. The van der Waals surface area contributed by atoms with Gasteiger partial charge in [-0.3, -0.25) is 24.1 Å². The third-order valence-electron chi connectivity index (χ3n) is 4.54. The Morgan fingerprint density at radius 2 is 2.04 bits per heavy atom. The maximum absolute atomic E-state index is 12.8. The largest absolute Gasteiger partial charge is 0.330 e. The molecule has 1 unspecified atom stereocenters. The molecule has 1 aliphatic rings. The molecule has 0 aliphatic carbocycles. The maximum Gasteiger partial charge on any atom is 0.255 e. The van der Waals surface area contributed by atoms with Crippen molar-refractivity contribution in [1.82, 2.24) is 9.80 Å². The van der Waals surface area contributed by atoms with Crippen molar-refractivity contribution in [3.05, 3.63) is 60.2 Å². The van der Waals surface area contributed by atoms with Gasteiger partial charge in [0, 0.05) is 25.6 Å². The van der Waals surface area contributed by atoms with Gasteiger partial charge in [-0.25, -0.2) is 0 Å². The standard InChI is InChI=1S/C20H22N2O4/c1-4-14(2)11-12-22-18(24)10-9-17(20(22)26)21(3)19(25)16-8-6-5-7-15(16)13-23/h4-8,13,17H,1-2,9-12H2,3H3. The van der Waals surface area contributed by atoms with Crippen LogP contribution in [-0.2, 0) is 9.59 Å². The summed E-state index contributed by atoms with van der Waals surface area (Å²) in [5.41, 5.74) is 1.24. The normalized spacial score (nSPS) is 17.0. The minimum absolute atomic E-state index is 0.184. The Morgan fingerprint density at radius 1 is 1.35 bits per heavy atom. The summed E-state index contributed by atoms with van der Waals surface area (Å²) in [6.07, 6.45) is 3.09. The first kappa shape index (κ1) is 19.3. The summed E-state index contributed by atoms with van der Waals surface area (Å²) in [6.45, 7) is 7.61. The highest BCUT2D eigenvalue weighted by atomic mass is 16.2. The molecule has 1 fully saturated rings. The molecular formula is C20H22N2O4. The van der Waals surface area contributed by atoms with Gasteiger partial charge in [0.25, 0.3) is 11.8 Å². The number of rotatable bonds is 7. The fourth-order valence-corrected chi connectivity index (χ4v) is 2.90. The molecule has 1 heterocycles. The number of hydrogen-bond acceptors (Lipinski definition) is 4. The van der Waals surface area contributed by atoms with E-state index in [1.54, 1.807) is 30.3 Å². The van der Waals surface area contributed by atoms with Crippen LogP contribution in [0.4, 0.5) is 0 Å². The highest BCUT2D eigenvalue weighted by molar-refractivity contribution is 6.06. The third kappa shape index (κ3) is 3.96. The van der Waals surface area contributed by atoms with Crippen molar-refractivity contribution >= 4 is 24.0 Å². The van der Waals surface area contributed by atoms with E-state index in [1.807, 2.05) is 0 Å². The molecule has 2 rings (SSSR count). The SMILES string of the molecule is C=CC(=C)CCN1C(=O)CCC(N(C)C(=O)c2ccccc2C=O)C1=O. The highest BCUT2D eigenvalue weighted by Gasteiger charge is 2.38. The van der Waals surface area contributed by atoms with Gasteiger partial charge in [0.15, 0.2) is 6.29 Å². The molecule has 0 radical (unpaired) electrons. The van der Waals surface area contributed by atoms with Gasteiger partial charge < -0.3 is 4.90 Å². The van der Waals surface area contributed by atoms with Crippen molar-refractivity contribution < 1.29 is 19.2 Å². The molecule has 3 amide bonds. The Balaban J connectivity index is 2.18. The molecular weight excluding hydrogens is 332 g/mol. The van der Waals surface area contributed by atoms with Gasteiger partial charge in [0.1, 0.15) is 6.04 Å². The Labute approximate surface area is 152 Å². The summed E-state index contributed by atoms with van der Waals surface area (Å²) in [7, 11) is 1.52. The van der Waals surface area contributed by atoms with E-state index >= 15 is 0 Å². The van der Waals surface area contributed by atoms with Gasteiger partial charge >= 0.3 is 0 Å². The van der Waals surface area contributed by atoms with E-state index in [1.165, 1.54) is 16.8 Å². The number of nitrogens with zero attached hydrogens (tertiary/aromatic N) is 2. The summed E-state index contributed by atoms with van der Waals surface area (Å²) >= 11 is 0. The van der Waals surface area contributed by atoms with E-state index < -0.39 is 17.9 Å². The molecule has 1 aromatic carbocycles. The van der Waals surface area contributed by atoms with Crippen LogP contribution in [0.25, 0.3) is 0 Å². The number of likely N-dealkylation sites (tertiary alicyclic amines) is 1. The fraction of sp³-hybridized carbons (Fsp3) is 0.300. The molecule has 0 N–H and O–H groups in total. The van der Waals surface area contributed by atoms with Gasteiger partial charge in [-0.05, 0) is 18.9 Å². The van der Waals surface area contributed by atoms with E-state index in [0.717, 1.165) is 5.57 Å². The maximum atomic E-state index is 12.8. The summed E-state index contributed by atoms with van der Waals surface area (Å²) in [5.74, 6) is -1.08. The average Bonchev–Trinajstić information content (AvgIpc) is 2.66. The van der Waals surface area contributed by atoms with Crippen molar-refractivity contribution in [1.29, 1.82) is 0 Å². The molecule has 1 atom stereocenters. The number of carbonyl (C=O) groups excluding carboxylic acids is 4. The summed E-state index contributed by atoms with van der Waals surface area (Å²) in [5, 5.41) is 0. The number of carbonyl (C=O) groups is 4.